The van der Waals surface area contributed by atoms with Crippen LogP contribution in [0, 0.1) is 0 Å². The predicted molar refractivity (Wildman–Crippen MR) is 89.5 cm³/mol. The zero-order valence-electron chi connectivity index (χ0n) is 12.0. The Morgan fingerprint density at radius 3 is 2.50 bits per heavy atom. The summed E-state index contributed by atoms with van der Waals surface area (Å²) in [5.74, 6) is -0.396. The predicted octanol–water partition coefficient (Wildman–Crippen LogP) is 1.46. The zero-order chi connectivity index (χ0) is 16.1. The maximum Gasteiger partial charge on any atom is 0.319 e. The molecule has 0 saturated heterocycles. The molecule has 0 bridgehead atoms. The van der Waals surface area contributed by atoms with Crippen molar-refractivity contribution in [3.8, 4) is 0 Å². The van der Waals surface area contributed by atoms with Gasteiger partial charge in [0, 0.05) is 5.56 Å². The van der Waals surface area contributed by atoms with Crippen LogP contribution in [0.2, 0.25) is 0 Å². The summed E-state index contributed by atoms with van der Waals surface area (Å²) in [4.78, 5) is 25.5. The summed E-state index contributed by atoms with van der Waals surface area (Å²) in [5.41, 5.74) is 5.92. The number of nitrogens with two attached hydrogens (primary N) is 1. The Balaban J connectivity index is 2.23. The van der Waals surface area contributed by atoms with Crippen LogP contribution in [0.1, 0.15) is 16.5 Å². The van der Waals surface area contributed by atoms with Gasteiger partial charge in [0.25, 0.3) is 5.91 Å². The van der Waals surface area contributed by atoms with Gasteiger partial charge in [-0.2, -0.15) is 0 Å². The van der Waals surface area contributed by atoms with Gasteiger partial charge in [0.05, 0.1) is 15.7 Å². The Morgan fingerprint density at radius 2 is 1.95 bits per heavy atom. The lowest BCUT2D eigenvalue weighted by Gasteiger charge is -2.23. The smallest absolute Gasteiger partial charge is 0.319 e. The number of amides is 3. The van der Waals surface area contributed by atoms with Crippen molar-refractivity contribution < 1.29 is 14.5 Å². The second kappa shape index (κ2) is 7.53. The van der Waals surface area contributed by atoms with E-state index >= 15 is 0 Å². The topological polar surface area (TPSA) is 76.6 Å². The number of hydrogen-bond donors (Lipinski definition) is 3. The molecule has 1 heterocycles. The first-order chi connectivity index (χ1) is 10.5. The quantitative estimate of drug-likeness (QED) is 0.731. The molecule has 116 valence electrons. The van der Waals surface area contributed by atoms with E-state index in [1.165, 1.54) is 0 Å². The first-order valence-electron chi connectivity index (χ1n) is 6.69. The lowest BCUT2D eigenvalue weighted by molar-refractivity contribution is -0.915. The molecule has 0 aliphatic heterocycles. The van der Waals surface area contributed by atoms with Crippen LogP contribution in [0.15, 0.2) is 46.3 Å². The van der Waals surface area contributed by atoms with Crippen molar-refractivity contribution >= 4 is 39.2 Å². The van der Waals surface area contributed by atoms with Crippen molar-refractivity contribution in [2.24, 2.45) is 5.73 Å². The summed E-state index contributed by atoms with van der Waals surface area (Å²) < 4.78 is 1.05. The fraction of sp³-hybridized carbons (Fsp3) is 0.200. The standard InChI is InChI=1S/C15H16BrN3O2S/c1-19(9-11-7-8-12(16)22-11)13(14(20)18-15(17)21)10-5-3-2-4-6-10/h2-8,13H,9H2,1H3,(H3,17,18,20,21)/p+1/t13-/m1/s1. The van der Waals surface area contributed by atoms with Crippen molar-refractivity contribution in [3.63, 3.8) is 0 Å². The summed E-state index contributed by atoms with van der Waals surface area (Å²) in [6.45, 7) is 0.669. The maximum atomic E-state index is 12.4. The number of rotatable bonds is 5. The van der Waals surface area contributed by atoms with Crippen LogP contribution >= 0.6 is 27.3 Å². The van der Waals surface area contributed by atoms with Crippen LogP contribution in [0.25, 0.3) is 0 Å². The first-order valence-corrected chi connectivity index (χ1v) is 8.30. The molecule has 2 rings (SSSR count). The van der Waals surface area contributed by atoms with Crippen molar-refractivity contribution in [1.29, 1.82) is 0 Å². The minimum atomic E-state index is -0.836. The molecule has 7 heteroatoms. The number of halogens is 1. The molecule has 4 N–H and O–H groups in total. The summed E-state index contributed by atoms with van der Waals surface area (Å²) in [5, 5.41) is 2.19. The molecular weight excluding hydrogens is 366 g/mol. The van der Waals surface area contributed by atoms with Gasteiger partial charge < -0.3 is 10.6 Å². The highest BCUT2D eigenvalue weighted by atomic mass is 79.9. The van der Waals surface area contributed by atoms with Crippen molar-refractivity contribution in [2.75, 3.05) is 7.05 Å². The number of carbonyl (C=O) groups is 2. The van der Waals surface area contributed by atoms with Gasteiger partial charge in [0.15, 0.2) is 6.04 Å². The molecule has 1 unspecified atom stereocenters. The van der Waals surface area contributed by atoms with E-state index < -0.39 is 18.0 Å². The van der Waals surface area contributed by atoms with Crippen LogP contribution in [0.4, 0.5) is 4.79 Å². The summed E-state index contributed by atoms with van der Waals surface area (Å²) in [6.07, 6.45) is 0. The Hall–Kier alpha value is -1.70. The van der Waals surface area contributed by atoms with Crippen LogP contribution in [0.3, 0.4) is 0 Å². The number of thiophene rings is 1. The normalized spacial score (nSPS) is 13.4. The van der Waals surface area contributed by atoms with E-state index in [1.807, 2.05) is 49.5 Å². The Labute approximate surface area is 141 Å². The van der Waals surface area contributed by atoms with E-state index in [1.54, 1.807) is 11.3 Å². The molecule has 0 spiro atoms. The minimum absolute atomic E-state index is 0.396. The van der Waals surface area contributed by atoms with E-state index in [-0.39, 0.29) is 0 Å². The van der Waals surface area contributed by atoms with E-state index in [9.17, 15) is 9.59 Å². The lowest BCUT2D eigenvalue weighted by atomic mass is 10.0. The second-order valence-electron chi connectivity index (χ2n) is 4.93. The molecule has 0 aliphatic rings. The minimum Gasteiger partial charge on any atom is -0.351 e. The molecular formula is C15H17BrN3O2S+. The van der Waals surface area contributed by atoms with Gasteiger partial charge in [-0.1, -0.05) is 30.3 Å². The fourth-order valence-electron chi connectivity index (χ4n) is 2.32. The van der Waals surface area contributed by atoms with Crippen LogP contribution in [-0.2, 0) is 11.3 Å². The third-order valence-electron chi connectivity index (χ3n) is 3.22. The average Bonchev–Trinajstić information content (AvgIpc) is 2.84. The Morgan fingerprint density at radius 1 is 1.27 bits per heavy atom. The number of benzene rings is 1. The molecule has 2 aromatic rings. The summed E-state index contributed by atoms with van der Waals surface area (Å²) >= 11 is 5.06. The number of carbonyl (C=O) groups excluding carboxylic acids is 2. The molecule has 5 nitrogen and oxygen atoms in total. The number of hydrogen-bond acceptors (Lipinski definition) is 3. The number of likely N-dealkylation sites (N-methyl/N-ethyl adjacent to an activating group) is 1. The number of imide groups is 1. The van der Waals surface area contributed by atoms with E-state index in [4.69, 9.17) is 5.73 Å². The third kappa shape index (κ3) is 4.40. The highest BCUT2D eigenvalue weighted by molar-refractivity contribution is 9.11. The zero-order valence-corrected chi connectivity index (χ0v) is 14.4. The number of urea groups is 1. The molecule has 0 aliphatic carbocycles. The Bertz CT molecular complexity index is 660. The molecule has 0 saturated carbocycles. The van der Waals surface area contributed by atoms with Gasteiger partial charge in [0.1, 0.15) is 6.54 Å². The molecule has 0 fully saturated rings. The van der Waals surface area contributed by atoms with E-state index in [2.05, 4.69) is 21.2 Å². The largest absolute Gasteiger partial charge is 0.351 e. The number of nitrogens with one attached hydrogen (secondary N) is 2. The molecule has 1 aromatic carbocycles. The fourth-order valence-corrected chi connectivity index (χ4v) is 3.90. The average molecular weight is 383 g/mol. The number of quaternary nitrogens is 1. The van der Waals surface area contributed by atoms with Crippen LogP contribution in [-0.4, -0.2) is 19.0 Å². The summed E-state index contributed by atoms with van der Waals surface area (Å²) in [6, 6.07) is 12.0. The molecule has 1 aromatic heterocycles. The Kier molecular flexibility index (Phi) is 5.70. The van der Waals surface area contributed by atoms with E-state index in [0.29, 0.717) is 6.54 Å². The SMILES string of the molecule is C[NH+](Cc1ccc(Br)s1)[C@@H](C(=O)NC(N)=O)c1ccccc1. The molecule has 2 atom stereocenters. The third-order valence-corrected chi connectivity index (χ3v) is 4.84. The second-order valence-corrected chi connectivity index (χ2v) is 7.47. The van der Waals surface area contributed by atoms with Crippen molar-refractivity contribution in [3.05, 3.63) is 56.7 Å². The van der Waals surface area contributed by atoms with Gasteiger partial charge in [-0.3, -0.25) is 10.1 Å². The van der Waals surface area contributed by atoms with Gasteiger partial charge in [0.2, 0.25) is 0 Å². The van der Waals surface area contributed by atoms with E-state index in [0.717, 1.165) is 19.1 Å². The first kappa shape index (κ1) is 16.7. The monoisotopic (exact) mass is 382 g/mol. The lowest BCUT2D eigenvalue weighted by Crippen LogP contribution is -3.09. The molecule has 22 heavy (non-hydrogen) atoms. The van der Waals surface area contributed by atoms with Gasteiger partial charge in [-0.05, 0) is 28.1 Å². The maximum absolute atomic E-state index is 12.4. The molecule has 3 amide bonds. The summed E-state index contributed by atoms with van der Waals surface area (Å²) in [7, 11) is 1.92. The highest BCUT2D eigenvalue weighted by Gasteiger charge is 2.30. The van der Waals surface area contributed by atoms with Crippen LogP contribution in [0.5, 0.6) is 0 Å². The van der Waals surface area contributed by atoms with Crippen molar-refractivity contribution in [2.45, 2.75) is 12.6 Å². The molecule has 0 radical (unpaired) electrons. The van der Waals surface area contributed by atoms with Gasteiger partial charge in [-0.25, -0.2) is 4.79 Å². The number of primary amides is 1. The van der Waals surface area contributed by atoms with Gasteiger partial charge >= 0.3 is 6.03 Å². The van der Waals surface area contributed by atoms with Crippen LogP contribution < -0.4 is 16.0 Å². The van der Waals surface area contributed by atoms with Gasteiger partial charge in [-0.15, -0.1) is 11.3 Å². The van der Waals surface area contributed by atoms with Crippen molar-refractivity contribution in [1.82, 2.24) is 5.32 Å². The highest BCUT2D eigenvalue weighted by Crippen LogP contribution is 2.21.